The van der Waals surface area contributed by atoms with Crippen LogP contribution in [0.15, 0.2) is 48.5 Å². The van der Waals surface area contributed by atoms with Crippen molar-refractivity contribution < 1.29 is 19.4 Å². The Labute approximate surface area is 160 Å². The predicted molar refractivity (Wildman–Crippen MR) is 105 cm³/mol. The molecule has 0 saturated carbocycles. The van der Waals surface area contributed by atoms with E-state index in [9.17, 15) is 14.7 Å². The molecule has 0 aliphatic rings. The first-order valence-corrected chi connectivity index (χ1v) is 8.93. The Hall–Kier alpha value is -2.66. The number of rotatable bonds is 8. The number of ketones is 1. The number of carbonyl (C=O) groups excluding carboxylic acids is 1. The van der Waals surface area contributed by atoms with Crippen molar-refractivity contribution in [3.05, 3.63) is 65.2 Å². The normalized spacial score (nSPS) is 12.4. The molecule has 2 aromatic carbocycles. The second kappa shape index (κ2) is 8.82. The first-order valence-electron chi connectivity index (χ1n) is 8.93. The van der Waals surface area contributed by atoms with E-state index in [1.165, 1.54) is 0 Å². The van der Waals surface area contributed by atoms with Gasteiger partial charge in [-0.3, -0.25) is 14.9 Å². The number of benzene rings is 2. The second-order valence-corrected chi connectivity index (χ2v) is 7.57. The number of methoxy groups -OCH3 is 1. The number of hydrogen-bond acceptors (Lipinski definition) is 4. The van der Waals surface area contributed by atoms with Crippen LogP contribution in [0.1, 0.15) is 48.7 Å². The summed E-state index contributed by atoms with van der Waals surface area (Å²) in [7, 11) is 1.59. The maximum atomic E-state index is 12.5. The Balaban J connectivity index is 2.00. The Morgan fingerprint density at radius 3 is 2.11 bits per heavy atom. The molecule has 0 aromatic heterocycles. The maximum absolute atomic E-state index is 12.5. The molecule has 0 saturated heterocycles. The molecule has 144 valence electrons. The molecule has 0 heterocycles. The van der Waals surface area contributed by atoms with Gasteiger partial charge in [0.1, 0.15) is 11.8 Å². The first kappa shape index (κ1) is 20.6. The molecule has 0 aliphatic carbocycles. The predicted octanol–water partition coefficient (Wildman–Crippen LogP) is 3.81. The molecule has 2 N–H and O–H groups in total. The van der Waals surface area contributed by atoms with E-state index in [1.54, 1.807) is 19.2 Å². The second-order valence-electron chi connectivity index (χ2n) is 7.57. The molecule has 0 fully saturated rings. The van der Waals surface area contributed by atoms with Crippen LogP contribution < -0.4 is 10.1 Å². The zero-order chi connectivity index (χ0) is 20.0. The SMILES string of the molecule is COc1ccc(CN[C@H](CC(=O)c2ccc(C(C)(C)C)cc2)C(=O)O)cc1. The van der Waals surface area contributed by atoms with E-state index in [0.717, 1.165) is 16.9 Å². The summed E-state index contributed by atoms with van der Waals surface area (Å²) in [5, 5.41) is 12.4. The molecular weight excluding hydrogens is 342 g/mol. The number of aliphatic carboxylic acids is 1. The van der Waals surface area contributed by atoms with Crippen molar-refractivity contribution >= 4 is 11.8 Å². The van der Waals surface area contributed by atoms with Gasteiger partial charge >= 0.3 is 5.97 Å². The van der Waals surface area contributed by atoms with Gasteiger partial charge in [0.25, 0.3) is 0 Å². The van der Waals surface area contributed by atoms with E-state index < -0.39 is 12.0 Å². The van der Waals surface area contributed by atoms with Crippen molar-refractivity contribution in [3.63, 3.8) is 0 Å². The average Bonchev–Trinajstić information content (AvgIpc) is 2.64. The fourth-order valence-corrected chi connectivity index (χ4v) is 2.69. The molecule has 5 heteroatoms. The molecule has 0 radical (unpaired) electrons. The third-order valence-corrected chi connectivity index (χ3v) is 4.47. The van der Waals surface area contributed by atoms with Crippen LogP contribution in [0, 0.1) is 0 Å². The van der Waals surface area contributed by atoms with Crippen LogP contribution in [-0.2, 0) is 16.8 Å². The highest BCUT2D eigenvalue weighted by molar-refractivity contribution is 5.98. The van der Waals surface area contributed by atoms with Gasteiger partial charge in [-0.25, -0.2) is 0 Å². The molecule has 0 amide bonds. The van der Waals surface area contributed by atoms with Crippen molar-refractivity contribution in [3.8, 4) is 5.75 Å². The zero-order valence-electron chi connectivity index (χ0n) is 16.3. The lowest BCUT2D eigenvalue weighted by Gasteiger charge is -2.19. The van der Waals surface area contributed by atoms with Crippen LogP contribution in [0.2, 0.25) is 0 Å². The number of Topliss-reactive ketones (excluding diaryl/α,β-unsaturated/α-hetero) is 1. The fourth-order valence-electron chi connectivity index (χ4n) is 2.69. The summed E-state index contributed by atoms with van der Waals surface area (Å²) in [5.41, 5.74) is 2.58. The van der Waals surface area contributed by atoms with E-state index in [1.807, 2.05) is 36.4 Å². The van der Waals surface area contributed by atoms with Crippen LogP contribution in [0.5, 0.6) is 5.75 Å². The summed E-state index contributed by atoms with van der Waals surface area (Å²) in [6.07, 6.45) is -0.0969. The number of carbonyl (C=O) groups is 2. The van der Waals surface area contributed by atoms with E-state index in [-0.39, 0.29) is 17.6 Å². The summed E-state index contributed by atoms with van der Waals surface area (Å²) in [6.45, 7) is 6.67. The highest BCUT2D eigenvalue weighted by Gasteiger charge is 2.22. The monoisotopic (exact) mass is 369 g/mol. The quantitative estimate of drug-likeness (QED) is 0.692. The van der Waals surface area contributed by atoms with E-state index in [2.05, 4.69) is 26.1 Å². The molecule has 0 aliphatic heterocycles. The molecule has 27 heavy (non-hydrogen) atoms. The van der Waals surface area contributed by atoms with Crippen LogP contribution in [0.25, 0.3) is 0 Å². The lowest BCUT2D eigenvalue weighted by atomic mass is 9.86. The molecule has 1 atom stereocenters. The van der Waals surface area contributed by atoms with Gasteiger partial charge in [-0.05, 0) is 28.7 Å². The average molecular weight is 369 g/mol. The van der Waals surface area contributed by atoms with Gasteiger partial charge in [0, 0.05) is 18.5 Å². The molecular formula is C22H27NO4. The van der Waals surface area contributed by atoms with Crippen molar-refractivity contribution in [1.82, 2.24) is 5.32 Å². The minimum Gasteiger partial charge on any atom is -0.497 e. The van der Waals surface area contributed by atoms with Gasteiger partial charge in [-0.1, -0.05) is 57.2 Å². The molecule has 0 unspecified atom stereocenters. The number of carboxylic acid groups (broad SMARTS) is 1. The minimum atomic E-state index is -1.04. The molecule has 2 aromatic rings. The number of carboxylic acids is 1. The minimum absolute atomic E-state index is 0.00506. The molecule has 2 rings (SSSR count). The van der Waals surface area contributed by atoms with Crippen molar-refractivity contribution in [2.75, 3.05) is 7.11 Å². The molecule has 0 spiro atoms. The number of ether oxygens (including phenoxy) is 1. The molecule has 0 bridgehead atoms. The highest BCUT2D eigenvalue weighted by Crippen LogP contribution is 2.22. The lowest BCUT2D eigenvalue weighted by molar-refractivity contribution is -0.139. The summed E-state index contributed by atoms with van der Waals surface area (Å²) < 4.78 is 5.10. The van der Waals surface area contributed by atoms with Gasteiger partial charge < -0.3 is 9.84 Å². The standard InChI is InChI=1S/C22H27NO4/c1-22(2,3)17-9-7-16(8-10-17)20(24)13-19(21(25)26)23-14-15-5-11-18(27-4)12-6-15/h5-12,19,23H,13-14H2,1-4H3,(H,25,26)/t19-/m1/s1. The van der Waals surface area contributed by atoms with Gasteiger partial charge in [0.2, 0.25) is 0 Å². The van der Waals surface area contributed by atoms with E-state index >= 15 is 0 Å². The Morgan fingerprint density at radius 1 is 1.04 bits per heavy atom. The Kier molecular flexibility index (Phi) is 6.75. The Morgan fingerprint density at radius 2 is 1.63 bits per heavy atom. The summed E-state index contributed by atoms with van der Waals surface area (Å²) in [4.78, 5) is 24.0. The maximum Gasteiger partial charge on any atom is 0.321 e. The fraction of sp³-hybridized carbons (Fsp3) is 0.364. The van der Waals surface area contributed by atoms with Crippen LogP contribution in [0.3, 0.4) is 0 Å². The summed E-state index contributed by atoms with van der Waals surface area (Å²) in [5.74, 6) is -0.490. The zero-order valence-corrected chi connectivity index (χ0v) is 16.3. The third kappa shape index (κ3) is 5.93. The van der Waals surface area contributed by atoms with Crippen LogP contribution in [0.4, 0.5) is 0 Å². The van der Waals surface area contributed by atoms with Gasteiger partial charge in [-0.15, -0.1) is 0 Å². The van der Waals surface area contributed by atoms with Crippen molar-refractivity contribution in [2.24, 2.45) is 0 Å². The lowest BCUT2D eigenvalue weighted by Crippen LogP contribution is -2.38. The van der Waals surface area contributed by atoms with Crippen LogP contribution >= 0.6 is 0 Å². The van der Waals surface area contributed by atoms with E-state index in [4.69, 9.17) is 4.74 Å². The van der Waals surface area contributed by atoms with E-state index in [0.29, 0.717) is 12.1 Å². The van der Waals surface area contributed by atoms with Crippen LogP contribution in [-0.4, -0.2) is 30.0 Å². The Bertz CT molecular complexity index is 773. The number of hydrogen-bond donors (Lipinski definition) is 2. The van der Waals surface area contributed by atoms with Crippen molar-refractivity contribution in [2.45, 2.75) is 45.2 Å². The highest BCUT2D eigenvalue weighted by atomic mass is 16.5. The van der Waals surface area contributed by atoms with Crippen molar-refractivity contribution in [1.29, 1.82) is 0 Å². The third-order valence-electron chi connectivity index (χ3n) is 4.47. The largest absolute Gasteiger partial charge is 0.497 e. The topological polar surface area (TPSA) is 75.6 Å². The van der Waals surface area contributed by atoms with Gasteiger partial charge in [0.05, 0.1) is 7.11 Å². The van der Waals surface area contributed by atoms with Gasteiger partial charge in [0.15, 0.2) is 5.78 Å². The summed E-state index contributed by atoms with van der Waals surface area (Å²) in [6, 6.07) is 13.8. The first-order chi connectivity index (χ1) is 12.7. The summed E-state index contributed by atoms with van der Waals surface area (Å²) >= 11 is 0. The molecule has 5 nitrogen and oxygen atoms in total. The smallest absolute Gasteiger partial charge is 0.321 e. The van der Waals surface area contributed by atoms with Gasteiger partial charge in [-0.2, -0.15) is 0 Å². The number of nitrogens with one attached hydrogen (secondary N) is 1.